The first-order chi connectivity index (χ1) is 9.61. The van der Waals surface area contributed by atoms with Crippen LogP contribution in [-0.4, -0.2) is 10.0 Å². The lowest BCUT2D eigenvalue weighted by molar-refractivity contribution is -0.384. The number of rotatable bonds is 5. The normalized spacial score (nSPS) is 10.3. The van der Waals surface area contributed by atoms with Gasteiger partial charge >= 0.3 is 0 Å². The number of anilines is 1. The predicted molar refractivity (Wildman–Crippen MR) is 77.8 cm³/mol. The fraction of sp³-hybridized carbons (Fsp3) is 0.143. The highest BCUT2D eigenvalue weighted by atomic mass is 35.5. The molecule has 0 saturated carbocycles. The number of aliphatic hydroxyl groups excluding tert-OH is 1. The Morgan fingerprint density at radius 1 is 1.25 bits per heavy atom. The van der Waals surface area contributed by atoms with Crippen molar-refractivity contribution in [2.24, 2.45) is 0 Å². The number of hydrogen-bond donors (Lipinski definition) is 2. The maximum absolute atomic E-state index is 10.8. The molecule has 0 amide bonds. The summed E-state index contributed by atoms with van der Waals surface area (Å²) < 4.78 is 0. The van der Waals surface area contributed by atoms with Gasteiger partial charge in [-0.3, -0.25) is 10.1 Å². The van der Waals surface area contributed by atoms with Crippen molar-refractivity contribution in [3.8, 4) is 0 Å². The van der Waals surface area contributed by atoms with Crippen LogP contribution in [0.5, 0.6) is 0 Å². The topological polar surface area (TPSA) is 75.4 Å². The van der Waals surface area contributed by atoms with E-state index in [-0.39, 0.29) is 17.3 Å². The third-order valence-electron chi connectivity index (χ3n) is 2.88. The Morgan fingerprint density at radius 3 is 2.70 bits per heavy atom. The number of nitro benzene ring substituents is 1. The van der Waals surface area contributed by atoms with Crippen molar-refractivity contribution in [1.29, 1.82) is 0 Å². The molecule has 0 fully saturated rings. The highest BCUT2D eigenvalue weighted by Crippen LogP contribution is 2.25. The van der Waals surface area contributed by atoms with Gasteiger partial charge in [0, 0.05) is 23.9 Å². The van der Waals surface area contributed by atoms with Crippen LogP contribution in [-0.2, 0) is 13.2 Å². The molecule has 20 heavy (non-hydrogen) atoms. The van der Waals surface area contributed by atoms with E-state index in [0.717, 1.165) is 16.8 Å². The quantitative estimate of drug-likeness (QED) is 0.654. The molecule has 0 radical (unpaired) electrons. The molecule has 0 aliphatic heterocycles. The fourth-order valence-electron chi connectivity index (χ4n) is 1.84. The van der Waals surface area contributed by atoms with E-state index in [4.69, 9.17) is 11.6 Å². The van der Waals surface area contributed by atoms with Crippen LogP contribution in [0.25, 0.3) is 0 Å². The summed E-state index contributed by atoms with van der Waals surface area (Å²) in [7, 11) is 0. The van der Waals surface area contributed by atoms with Crippen LogP contribution < -0.4 is 5.32 Å². The zero-order valence-electron chi connectivity index (χ0n) is 10.5. The summed E-state index contributed by atoms with van der Waals surface area (Å²) in [4.78, 5) is 10.3. The van der Waals surface area contributed by atoms with Gasteiger partial charge in [0.2, 0.25) is 0 Å². The van der Waals surface area contributed by atoms with Gasteiger partial charge in [-0.15, -0.1) is 0 Å². The zero-order valence-corrected chi connectivity index (χ0v) is 11.3. The van der Waals surface area contributed by atoms with Crippen LogP contribution in [0.1, 0.15) is 11.1 Å². The van der Waals surface area contributed by atoms with Crippen LogP contribution in [0.3, 0.4) is 0 Å². The van der Waals surface area contributed by atoms with Crippen molar-refractivity contribution in [1.82, 2.24) is 0 Å². The molecule has 2 rings (SSSR count). The summed E-state index contributed by atoms with van der Waals surface area (Å²) in [6.45, 7) is 0.346. The molecule has 0 aliphatic rings. The molecule has 0 unspecified atom stereocenters. The average Bonchev–Trinajstić information content (AvgIpc) is 2.46. The largest absolute Gasteiger partial charge is 0.392 e. The predicted octanol–water partition coefficient (Wildman–Crippen LogP) is 3.35. The van der Waals surface area contributed by atoms with Gasteiger partial charge in [0.15, 0.2) is 0 Å². The molecule has 0 aromatic heterocycles. The zero-order chi connectivity index (χ0) is 14.5. The summed E-state index contributed by atoms with van der Waals surface area (Å²) >= 11 is 5.76. The molecule has 104 valence electrons. The van der Waals surface area contributed by atoms with Crippen LogP contribution in [0, 0.1) is 10.1 Å². The second kappa shape index (κ2) is 6.36. The van der Waals surface area contributed by atoms with Crippen LogP contribution in [0.15, 0.2) is 42.5 Å². The number of benzene rings is 2. The van der Waals surface area contributed by atoms with E-state index in [2.05, 4.69) is 5.32 Å². The first kappa shape index (κ1) is 14.3. The highest BCUT2D eigenvalue weighted by Gasteiger charge is 2.12. The Labute approximate surface area is 121 Å². The molecule has 0 atom stereocenters. The minimum atomic E-state index is -0.506. The van der Waals surface area contributed by atoms with E-state index in [9.17, 15) is 15.2 Å². The second-order valence-electron chi connectivity index (χ2n) is 4.21. The molecular formula is C14H13ClN2O3. The summed E-state index contributed by atoms with van der Waals surface area (Å²) in [5, 5.41) is 23.3. The minimum absolute atomic E-state index is 0.0655. The minimum Gasteiger partial charge on any atom is -0.392 e. The number of para-hydroxylation sites is 1. The maximum atomic E-state index is 10.8. The molecular weight excluding hydrogens is 280 g/mol. The van der Waals surface area contributed by atoms with Gasteiger partial charge in [0.05, 0.1) is 11.5 Å². The third-order valence-corrected chi connectivity index (χ3v) is 3.20. The number of hydrogen-bond acceptors (Lipinski definition) is 4. The molecule has 6 heteroatoms. The van der Waals surface area contributed by atoms with E-state index >= 15 is 0 Å². The molecule has 0 heterocycles. The average molecular weight is 293 g/mol. The maximum Gasteiger partial charge on any atom is 0.288 e. The molecule has 5 nitrogen and oxygen atoms in total. The van der Waals surface area contributed by atoms with E-state index < -0.39 is 4.92 Å². The van der Waals surface area contributed by atoms with Crippen molar-refractivity contribution in [3.05, 3.63) is 68.7 Å². The Kier molecular flexibility index (Phi) is 4.55. The first-order valence-corrected chi connectivity index (χ1v) is 6.35. The summed E-state index contributed by atoms with van der Waals surface area (Å²) in [5.41, 5.74) is 2.21. The molecule has 2 aromatic rings. The Bertz CT molecular complexity index is 632. The third kappa shape index (κ3) is 3.26. The van der Waals surface area contributed by atoms with Gasteiger partial charge in [-0.2, -0.15) is 0 Å². The van der Waals surface area contributed by atoms with Crippen LogP contribution in [0.4, 0.5) is 11.4 Å². The smallest absolute Gasteiger partial charge is 0.288 e. The number of nitro groups is 1. The van der Waals surface area contributed by atoms with E-state index in [0.29, 0.717) is 6.54 Å². The van der Waals surface area contributed by atoms with Crippen molar-refractivity contribution < 1.29 is 10.0 Å². The van der Waals surface area contributed by atoms with Crippen molar-refractivity contribution >= 4 is 23.0 Å². The molecule has 0 saturated heterocycles. The van der Waals surface area contributed by atoms with Gasteiger partial charge in [-0.25, -0.2) is 0 Å². The highest BCUT2D eigenvalue weighted by molar-refractivity contribution is 6.32. The van der Waals surface area contributed by atoms with Gasteiger partial charge in [-0.05, 0) is 17.7 Å². The number of aliphatic hydroxyl groups is 1. The number of halogens is 1. The second-order valence-corrected chi connectivity index (χ2v) is 4.62. The Balaban J connectivity index is 2.15. The van der Waals surface area contributed by atoms with Crippen molar-refractivity contribution in [2.45, 2.75) is 13.2 Å². The Hall–Kier alpha value is -2.11. The number of nitrogens with one attached hydrogen (secondary N) is 1. The van der Waals surface area contributed by atoms with E-state index in [1.165, 1.54) is 12.1 Å². The fourth-order valence-corrected chi connectivity index (χ4v) is 2.02. The standard InChI is InChI=1S/C14H13ClN2O3/c15-12-6-5-10(7-14(12)17(19)20)8-16-13-4-2-1-3-11(13)9-18/h1-7,16,18H,8-9H2. The lowest BCUT2D eigenvalue weighted by Crippen LogP contribution is -2.03. The lowest BCUT2D eigenvalue weighted by Gasteiger charge is -2.10. The van der Waals surface area contributed by atoms with Gasteiger partial charge in [-0.1, -0.05) is 35.9 Å². The number of nitrogens with zero attached hydrogens (tertiary/aromatic N) is 1. The van der Waals surface area contributed by atoms with Crippen molar-refractivity contribution in [2.75, 3.05) is 5.32 Å². The monoisotopic (exact) mass is 292 g/mol. The summed E-state index contributed by atoms with van der Waals surface area (Å²) in [6, 6.07) is 12.0. The molecule has 0 aliphatic carbocycles. The van der Waals surface area contributed by atoms with Crippen molar-refractivity contribution in [3.63, 3.8) is 0 Å². The van der Waals surface area contributed by atoms with Crippen LogP contribution in [0.2, 0.25) is 5.02 Å². The van der Waals surface area contributed by atoms with Crippen LogP contribution >= 0.6 is 11.6 Å². The molecule has 0 bridgehead atoms. The van der Waals surface area contributed by atoms with E-state index in [1.807, 2.05) is 24.3 Å². The van der Waals surface area contributed by atoms with Gasteiger partial charge in [0.25, 0.3) is 5.69 Å². The lowest BCUT2D eigenvalue weighted by atomic mass is 10.1. The molecule has 2 N–H and O–H groups in total. The molecule has 2 aromatic carbocycles. The summed E-state index contributed by atoms with van der Waals surface area (Å²) in [5.74, 6) is 0. The van der Waals surface area contributed by atoms with E-state index in [1.54, 1.807) is 6.07 Å². The molecule has 0 spiro atoms. The first-order valence-electron chi connectivity index (χ1n) is 5.97. The van der Waals surface area contributed by atoms with Gasteiger partial charge in [0.1, 0.15) is 5.02 Å². The summed E-state index contributed by atoms with van der Waals surface area (Å²) in [6.07, 6.45) is 0. The van der Waals surface area contributed by atoms with Gasteiger partial charge < -0.3 is 10.4 Å². The Morgan fingerprint density at radius 2 is 2.00 bits per heavy atom. The SMILES string of the molecule is O=[N+]([O-])c1cc(CNc2ccccc2CO)ccc1Cl.